The van der Waals surface area contributed by atoms with Gasteiger partial charge >= 0.3 is 5.97 Å². The molecule has 0 aromatic carbocycles. The van der Waals surface area contributed by atoms with E-state index in [1.165, 1.54) is 0 Å². The zero-order valence-corrected chi connectivity index (χ0v) is 10.1. The molecule has 1 unspecified atom stereocenters. The van der Waals surface area contributed by atoms with Crippen molar-refractivity contribution in [1.29, 1.82) is 0 Å². The third kappa shape index (κ3) is 8.43. The molecule has 0 spiro atoms. The molecule has 0 saturated carbocycles. The van der Waals surface area contributed by atoms with Crippen LogP contribution in [0.3, 0.4) is 0 Å². The third-order valence-electron chi connectivity index (χ3n) is 2.67. The summed E-state index contributed by atoms with van der Waals surface area (Å²) in [5, 5.41) is 0. The molecule has 3 heteroatoms. The van der Waals surface area contributed by atoms with E-state index in [9.17, 15) is 4.79 Å². The van der Waals surface area contributed by atoms with Crippen LogP contribution in [-0.2, 0) is 9.53 Å². The van der Waals surface area contributed by atoms with Crippen molar-refractivity contribution in [1.82, 2.24) is 0 Å². The molecule has 0 fully saturated rings. The van der Waals surface area contributed by atoms with Gasteiger partial charge in [0.25, 0.3) is 0 Å². The number of esters is 1. The molecule has 0 saturated heterocycles. The van der Waals surface area contributed by atoms with Crippen LogP contribution in [0.4, 0.5) is 0 Å². The van der Waals surface area contributed by atoms with Gasteiger partial charge in [0.2, 0.25) is 0 Å². The normalized spacial score (nSPS) is 12.5. The number of carbonyl (C=O) groups excluding carboxylic acids is 1. The molecule has 0 amide bonds. The van der Waals surface area contributed by atoms with Gasteiger partial charge in [0.1, 0.15) is 0 Å². The SMILES string of the molecule is CCCCOC(=O)CCC(CC)CCN. The van der Waals surface area contributed by atoms with Crippen molar-refractivity contribution in [2.45, 2.75) is 52.4 Å². The molecule has 3 nitrogen and oxygen atoms in total. The Morgan fingerprint density at radius 1 is 1.33 bits per heavy atom. The van der Waals surface area contributed by atoms with E-state index in [0.29, 0.717) is 25.5 Å². The number of carbonyl (C=O) groups is 1. The zero-order valence-electron chi connectivity index (χ0n) is 10.1. The predicted molar refractivity (Wildman–Crippen MR) is 62.6 cm³/mol. The van der Waals surface area contributed by atoms with Crippen LogP contribution < -0.4 is 5.73 Å². The summed E-state index contributed by atoms with van der Waals surface area (Å²) < 4.78 is 5.09. The van der Waals surface area contributed by atoms with Gasteiger partial charge in [-0.2, -0.15) is 0 Å². The van der Waals surface area contributed by atoms with Crippen molar-refractivity contribution in [3.05, 3.63) is 0 Å². The fourth-order valence-electron chi connectivity index (χ4n) is 1.51. The van der Waals surface area contributed by atoms with E-state index in [2.05, 4.69) is 13.8 Å². The van der Waals surface area contributed by atoms with Gasteiger partial charge in [0, 0.05) is 6.42 Å². The van der Waals surface area contributed by atoms with Crippen LogP contribution in [0.5, 0.6) is 0 Å². The second-order valence-corrected chi connectivity index (χ2v) is 3.96. The van der Waals surface area contributed by atoms with Crippen LogP contribution in [0, 0.1) is 5.92 Å². The number of rotatable bonds is 9. The number of hydrogen-bond donors (Lipinski definition) is 1. The molecule has 2 N–H and O–H groups in total. The standard InChI is InChI=1S/C12H25NO2/c1-3-5-10-15-12(14)7-6-11(4-2)8-9-13/h11H,3-10,13H2,1-2H3. The Labute approximate surface area is 93.4 Å². The number of nitrogens with two attached hydrogens (primary N) is 1. The van der Waals surface area contributed by atoms with Crippen LogP contribution in [-0.4, -0.2) is 19.1 Å². The first kappa shape index (κ1) is 14.4. The molecule has 0 aliphatic heterocycles. The summed E-state index contributed by atoms with van der Waals surface area (Å²) in [7, 11) is 0. The minimum absolute atomic E-state index is 0.0566. The lowest BCUT2D eigenvalue weighted by Gasteiger charge is -2.12. The van der Waals surface area contributed by atoms with Crippen molar-refractivity contribution < 1.29 is 9.53 Å². The van der Waals surface area contributed by atoms with Gasteiger partial charge in [-0.3, -0.25) is 4.79 Å². The Morgan fingerprint density at radius 3 is 2.60 bits per heavy atom. The molecule has 0 radical (unpaired) electrons. The van der Waals surface area contributed by atoms with Gasteiger partial charge in [-0.25, -0.2) is 0 Å². The summed E-state index contributed by atoms with van der Waals surface area (Å²) in [5.41, 5.74) is 5.49. The van der Waals surface area contributed by atoms with E-state index in [1.54, 1.807) is 0 Å². The van der Waals surface area contributed by atoms with Crippen LogP contribution >= 0.6 is 0 Å². The average molecular weight is 215 g/mol. The molecule has 0 heterocycles. The van der Waals surface area contributed by atoms with Crippen LogP contribution in [0.15, 0.2) is 0 Å². The van der Waals surface area contributed by atoms with E-state index in [-0.39, 0.29) is 5.97 Å². The van der Waals surface area contributed by atoms with Gasteiger partial charge in [0.15, 0.2) is 0 Å². The van der Waals surface area contributed by atoms with E-state index in [4.69, 9.17) is 10.5 Å². The minimum atomic E-state index is -0.0566. The lowest BCUT2D eigenvalue weighted by molar-refractivity contribution is -0.144. The monoisotopic (exact) mass is 215 g/mol. The maximum atomic E-state index is 11.3. The topological polar surface area (TPSA) is 52.3 Å². The molecule has 0 rings (SSSR count). The molecule has 0 aromatic heterocycles. The van der Waals surface area contributed by atoms with Crippen LogP contribution in [0.2, 0.25) is 0 Å². The second kappa shape index (κ2) is 9.97. The summed E-state index contributed by atoms with van der Waals surface area (Å²) in [6.45, 7) is 5.51. The molecule has 1 atom stereocenters. The summed E-state index contributed by atoms with van der Waals surface area (Å²) in [5.74, 6) is 0.521. The quantitative estimate of drug-likeness (QED) is 0.475. The number of unbranched alkanes of at least 4 members (excludes halogenated alkanes) is 1. The summed E-state index contributed by atoms with van der Waals surface area (Å²) in [4.78, 5) is 11.3. The van der Waals surface area contributed by atoms with Gasteiger partial charge in [-0.05, 0) is 31.7 Å². The maximum absolute atomic E-state index is 11.3. The predicted octanol–water partition coefficient (Wildman–Crippen LogP) is 2.48. The van der Waals surface area contributed by atoms with E-state index in [1.807, 2.05) is 0 Å². The van der Waals surface area contributed by atoms with Crippen molar-refractivity contribution >= 4 is 5.97 Å². The first-order chi connectivity index (χ1) is 7.24. The minimum Gasteiger partial charge on any atom is -0.466 e. The van der Waals surface area contributed by atoms with Crippen molar-refractivity contribution in [3.63, 3.8) is 0 Å². The fraction of sp³-hybridized carbons (Fsp3) is 0.917. The second-order valence-electron chi connectivity index (χ2n) is 3.96. The molecule has 0 aliphatic carbocycles. The number of ether oxygens (including phenoxy) is 1. The van der Waals surface area contributed by atoms with E-state index in [0.717, 1.165) is 32.1 Å². The Kier molecular flexibility index (Phi) is 9.59. The first-order valence-corrected chi connectivity index (χ1v) is 6.10. The lowest BCUT2D eigenvalue weighted by Crippen LogP contribution is -2.12. The Bertz CT molecular complexity index is 160. The van der Waals surface area contributed by atoms with Crippen molar-refractivity contribution in [2.75, 3.05) is 13.2 Å². The van der Waals surface area contributed by atoms with Crippen molar-refractivity contribution in [2.24, 2.45) is 11.7 Å². The van der Waals surface area contributed by atoms with Gasteiger partial charge in [0.05, 0.1) is 6.61 Å². The third-order valence-corrected chi connectivity index (χ3v) is 2.67. The Balaban J connectivity index is 3.50. The van der Waals surface area contributed by atoms with Crippen molar-refractivity contribution in [3.8, 4) is 0 Å². The summed E-state index contributed by atoms with van der Waals surface area (Å²) >= 11 is 0. The molecule has 0 bridgehead atoms. The Hall–Kier alpha value is -0.570. The highest BCUT2D eigenvalue weighted by Crippen LogP contribution is 2.14. The fourth-order valence-corrected chi connectivity index (χ4v) is 1.51. The first-order valence-electron chi connectivity index (χ1n) is 6.10. The molecule has 0 aromatic rings. The highest BCUT2D eigenvalue weighted by atomic mass is 16.5. The van der Waals surface area contributed by atoms with Crippen LogP contribution in [0.1, 0.15) is 52.4 Å². The van der Waals surface area contributed by atoms with Crippen LogP contribution in [0.25, 0.3) is 0 Å². The summed E-state index contributed by atoms with van der Waals surface area (Å²) in [6.07, 6.45) is 5.60. The molecule has 15 heavy (non-hydrogen) atoms. The molecular weight excluding hydrogens is 190 g/mol. The van der Waals surface area contributed by atoms with E-state index >= 15 is 0 Å². The highest BCUT2D eigenvalue weighted by Gasteiger charge is 2.09. The van der Waals surface area contributed by atoms with E-state index < -0.39 is 0 Å². The molecule has 0 aliphatic rings. The number of hydrogen-bond acceptors (Lipinski definition) is 3. The lowest BCUT2D eigenvalue weighted by atomic mass is 9.97. The highest BCUT2D eigenvalue weighted by molar-refractivity contribution is 5.69. The Morgan fingerprint density at radius 2 is 2.07 bits per heavy atom. The maximum Gasteiger partial charge on any atom is 0.305 e. The van der Waals surface area contributed by atoms with Gasteiger partial charge in [-0.1, -0.05) is 26.7 Å². The smallest absolute Gasteiger partial charge is 0.305 e. The molecular formula is C12H25NO2. The molecule has 90 valence electrons. The average Bonchev–Trinajstić information content (AvgIpc) is 2.24. The largest absolute Gasteiger partial charge is 0.466 e. The zero-order chi connectivity index (χ0) is 11.5. The van der Waals surface area contributed by atoms with Gasteiger partial charge in [-0.15, -0.1) is 0 Å². The summed E-state index contributed by atoms with van der Waals surface area (Å²) in [6, 6.07) is 0. The van der Waals surface area contributed by atoms with Gasteiger partial charge < -0.3 is 10.5 Å².